The predicted octanol–water partition coefficient (Wildman–Crippen LogP) is 5.01. The number of rotatable bonds is 6. The maximum Gasteiger partial charge on any atom is 0.331 e. The summed E-state index contributed by atoms with van der Waals surface area (Å²) in [5, 5.41) is 11.6. The van der Waals surface area contributed by atoms with Crippen molar-refractivity contribution < 1.29 is 14.4 Å². The molecule has 25 heavy (non-hydrogen) atoms. The fraction of sp³-hybridized carbons (Fsp3) is 0.0556. The molecule has 0 atom stereocenters. The monoisotopic (exact) mass is 356 g/mol. The van der Waals surface area contributed by atoms with Gasteiger partial charge in [-0.15, -0.1) is 0 Å². The Morgan fingerprint density at radius 1 is 1.04 bits per heavy atom. The molecule has 0 aliphatic rings. The van der Waals surface area contributed by atoms with Crippen molar-refractivity contribution in [1.29, 1.82) is 0 Å². The van der Waals surface area contributed by atoms with Crippen molar-refractivity contribution >= 4 is 17.3 Å². The van der Waals surface area contributed by atoms with Gasteiger partial charge in [-0.2, -0.15) is 0 Å². The molecule has 0 saturated heterocycles. The lowest BCUT2D eigenvalue weighted by molar-refractivity contribution is -0.386. The Balaban J connectivity index is 1.65. The smallest absolute Gasteiger partial charge is 0.331 e. The molecular formula is C18H13ClN2O4. The van der Waals surface area contributed by atoms with Gasteiger partial charge < -0.3 is 9.47 Å². The summed E-state index contributed by atoms with van der Waals surface area (Å²) >= 11 is 5.93. The Bertz CT molecular complexity index is 884. The summed E-state index contributed by atoms with van der Waals surface area (Å²) in [6, 6.07) is 17.0. The van der Waals surface area contributed by atoms with Gasteiger partial charge in [-0.25, -0.2) is 4.98 Å². The largest absolute Gasteiger partial charge is 0.489 e. The Hall–Kier alpha value is -3.12. The maximum absolute atomic E-state index is 11.0. The summed E-state index contributed by atoms with van der Waals surface area (Å²) in [4.78, 5) is 14.3. The van der Waals surface area contributed by atoms with E-state index in [2.05, 4.69) is 4.98 Å². The van der Waals surface area contributed by atoms with Gasteiger partial charge in [-0.1, -0.05) is 23.7 Å². The molecule has 6 nitrogen and oxygen atoms in total. The molecule has 3 aromatic rings. The van der Waals surface area contributed by atoms with Crippen LogP contribution in [0.3, 0.4) is 0 Å². The van der Waals surface area contributed by atoms with Crippen molar-refractivity contribution in [2.75, 3.05) is 0 Å². The number of hydrogen-bond donors (Lipinski definition) is 0. The molecule has 0 aliphatic carbocycles. The van der Waals surface area contributed by atoms with Gasteiger partial charge in [-0.05, 0) is 48.0 Å². The van der Waals surface area contributed by atoms with E-state index < -0.39 is 4.92 Å². The van der Waals surface area contributed by atoms with Crippen LogP contribution in [0, 0.1) is 10.1 Å². The van der Waals surface area contributed by atoms with E-state index in [4.69, 9.17) is 21.1 Å². The predicted molar refractivity (Wildman–Crippen MR) is 93.2 cm³/mol. The molecule has 0 unspecified atom stereocenters. The molecule has 0 bridgehead atoms. The Morgan fingerprint density at radius 3 is 2.52 bits per heavy atom. The number of nitrogens with zero attached hydrogens (tertiary/aromatic N) is 2. The highest BCUT2D eigenvalue weighted by Gasteiger charge is 2.16. The molecule has 0 aliphatic heterocycles. The summed E-state index contributed by atoms with van der Waals surface area (Å²) in [5.74, 6) is 1.01. The lowest BCUT2D eigenvalue weighted by atomic mass is 10.2. The Kier molecular flexibility index (Phi) is 5.11. The average molecular weight is 357 g/mol. The molecule has 0 fully saturated rings. The fourth-order valence-corrected chi connectivity index (χ4v) is 2.32. The van der Waals surface area contributed by atoms with E-state index in [9.17, 15) is 10.1 Å². The number of nitro groups is 1. The molecule has 0 N–H and O–H groups in total. The first-order valence-electron chi connectivity index (χ1n) is 7.36. The normalized spacial score (nSPS) is 10.3. The molecule has 1 aromatic heterocycles. The van der Waals surface area contributed by atoms with Crippen LogP contribution in [0.4, 0.5) is 5.69 Å². The highest BCUT2D eigenvalue weighted by atomic mass is 35.5. The number of pyridine rings is 1. The quantitative estimate of drug-likeness (QED) is 0.458. The summed E-state index contributed by atoms with van der Waals surface area (Å²) in [5.41, 5.74) is 0.765. The van der Waals surface area contributed by atoms with E-state index in [1.165, 1.54) is 18.3 Å². The molecule has 7 heteroatoms. The summed E-state index contributed by atoms with van der Waals surface area (Å²) in [6.45, 7) is 0.381. The van der Waals surface area contributed by atoms with E-state index in [1.54, 1.807) is 30.3 Å². The number of ether oxygens (including phenoxy) is 2. The molecule has 126 valence electrons. The van der Waals surface area contributed by atoms with Gasteiger partial charge >= 0.3 is 5.69 Å². The first kappa shape index (κ1) is 16.7. The Labute approximate surface area is 148 Å². The standard InChI is InChI=1S/C18H13ClN2O4/c19-14-4-1-3-13(11-14)12-24-15-6-8-16(9-7-15)25-18-17(21(22)23)5-2-10-20-18/h1-11H,12H2. The van der Waals surface area contributed by atoms with Crippen LogP contribution in [0.25, 0.3) is 0 Å². The second-order valence-corrected chi connectivity index (χ2v) is 5.51. The second kappa shape index (κ2) is 7.63. The van der Waals surface area contributed by atoms with Crippen LogP contribution in [0.5, 0.6) is 17.4 Å². The second-order valence-electron chi connectivity index (χ2n) is 5.08. The van der Waals surface area contributed by atoms with Crippen molar-refractivity contribution in [2.45, 2.75) is 6.61 Å². The highest BCUT2D eigenvalue weighted by molar-refractivity contribution is 6.30. The van der Waals surface area contributed by atoms with E-state index in [1.807, 2.05) is 18.2 Å². The van der Waals surface area contributed by atoms with Gasteiger partial charge in [-0.3, -0.25) is 10.1 Å². The molecule has 0 radical (unpaired) electrons. The third kappa shape index (κ3) is 4.45. The van der Waals surface area contributed by atoms with Crippen molar-refractivity contribution in [2.24, 2.45) is 0 Å². The molecule has 2 aromatic carbocycles. The van der Waals surface area contributed by atoms with Crippen LogP contribution < -0.4 is 9.47 Å². The van der Waals surface area contributed by atoms with Gasteiger partial charge in [0, 0.05) is 17.3 Å². The molecule has 0 spiro atoms. The average Bonchev–Trinajstić information content (AvgIpc) is 2.61. The SMILES string of the molecule is O=[N+]([O-])c1cccnc1Oc1ccc(OCc2cccc(Cl)c2)cc1. The third-order valence-electron chi connectivity index (χ3n) is 3.28. The summed E-state index contributed by atoms with van der Waals surface area (Å²) < 4.78 is 11.2. The van der Waals surface area contributed by atoms with E-state index in [-0.39, 0.29) is 11.6 Å². The van der Waals surface area contributed by atoms with Crippen LogP contribution >= 0.6 is 11.6 Å². The van der Waals surface area contributed by atoms with E-state index in [0.717, 1.165) is 5.56 Å². The maximum atomic E-state index is 11.0. The zero-order valence-corrected chi connectivity index (χ0v) is 13.7. The van der Waals surface area contributed by atoms with Crippen molar-refractivity contribution in [3.05, 3.63) is 87.6 Å². The zero-order valence-electron chi connectivity index (χ0n) is 13.0. The van der Waals surface area contributed by atoms with Crippen LogP contribution in [0.1, 0.15) is 5.56 Å². The topological polar surface area (TPSA) is 74.5 Å². The number of halogens is 1. The van der Waals surface area contributed by atoms with Crippen LogP contribution in [0.15, 0.2) is 66.9 Å². The fourth-order valence-electron chi connectivity index (χ4n) is 2.11. The highest BCUT2D eigenvalue weighted by Crippen LogP contribution is 2.29. The van der Waals surface area contributed by atoms with Crippen LogP contribution in [-0.4, -0.2) is 9.91 Å². The molecule has 0 amide bonds. The first-order chi connectivity index (χ1) is 12.1. The first-order valence-corrected chi connectivity index (χ1v) is 7.74. The lowest BCUT2D eigenvalue weighted by Gasteiger charge is -2.08. The van der Waals surface area contributed by atoms with E-state index in [0.29, 0.717) is 23.1 Å². The summed E-state index contributed by atoms with van der Waals surface area (Å²) in [6.07, 6.45) is 1.44. The zero-order chi connectivity index (χ0) is 17.6. The van der Waals surface area contributed by atoms with Crippen LogP contribution in [0.2, 0.25) is 5.02 Å². The van der Waals surface area contributed by atoms with Gasteiger partial charge in [0.2, 0.25) is 0 Å². The molecule has 1 heterocycles. The number of hydrogen-bond acceptors (Lipinski definition) is 5. The number of aromatic nitrogens is 1. The van der Waals surface area contributed by atoms with E-state index >= 15 is 0 Å². The Morgan fingerprint density at radius 2 is 1.80 bits per heavy atom. The summed E-state index contributed by atoms with van der Waals surface area (Å²) in [7, 11) is 0. The van der Waals surface area contributed by atoms with Crippen molar-refractivity contribution in [3.8, 4) is 17.4 Å². The van der Waals surface area contributed by atoms with Crippen LogP contribution in [-0.2, 0) is 6.61 Å². The van der Waals surface area contributed by atoms with Crippen molar-refractivity contribution in [3.63, 3.8) is 0 Å². The minimum atomic E-state index is -0.537. The minimum absolute atomic E-state index is 0.0555. The third-order valence-corrected chi connectivity index (χ3v) is 3.52. The van der Waals surface area contributed by atoms with Gasteiger partial charge in [0.25, 0.3) is 5.88 Å². The minimum Gasteiger partial charge on any atom is -0.489 e. The molecular weight excluding hydrogens is 344 g/mol. The molecule has 3 rings (SSSR count). The lowest BCUT2D eigenvalue weighted by Crippen LogP contribution is -1.96. The molecule has 0 saturated carbocycles. The van der Waals surface area contributed by atoms with Gasteiger partial charge in [0.1, 0.15) is 18.1 Å². The van der Waals surface area contributed by atoms with Crippen molar-refractivity contribution in [1.82, 2.24) is 4.98 Å². The van der Waals surface area contributed by atoms with Gasteiger partial charge in [0.15, 0.2) is 0 Å². The number of benzene rings is 2. The van der Waals surface area contributed by atoms with Gasteiger partial charge in [0.05, 0.1) is 4.92 Å².